The smallest absolute Gasteiger partial charge is 0.367 e. The largest absolute Gasteiger partial charge is 0.418 e. The van der Waals surface area contributed by atoms with Gasteiger partial charge in [-0.3, -0.25) is 10.1 Å². The van der Waals surface area contributed by atoms with Crippen LogP contribution in [0.25, 0.3) is 0 Å². The second kappa shape index (κ2) is 5.91. The number of nitrogens with zero attached hydrogens (tertiary/aromatic N) is 3. The molecule has 0 amide bonds. The van der Waals surface area contributed by atoms with Gasteiger partial charge in [-0.15, -0.1) is 11.3 Å². The molecule has 1 heterocycles. The van der Waals surface area contributed by atoms with E-state index in [1.807, 2.05) is 5.38 Å². The number of alkyl halides is 3. The molecule has 0 spiro atoms. The lowest BCUT2D eigenvalue weighted by Crippen LogP contribution is -2.21. The van der Waals surface area contributed by atoms with Crippen molar-refractivity contribution in [3.05, 3.63) is 50.0 Å². The molecular formula is C13H12F3N3O2S. The third-order valence-corrected chi connectivity index (χ3v) is 3.90. The Morgan fingerprint density at radius 2 is 2.09 bits per heavy atom. The number of rotatable bonds is 4. The minimum atomic E-state index is -4.67. The fourth-order valence-electron chi connectivity index (χ4n) is 1.96. The second-order valence-electron chi connectivity index (χ2n) is 4.70. The summed E-state index contributed by atoms with van der Waals surface area (Å²) in [4.78, 5) is 15.4. The van der Waals surface area contributed by atoms with Crippen molar-refractivity contribution in [1.82, 2.24) is 4.98 Å². The van der Waals surface area contributed by atoms with Gasteiger partial charge in [-0.25, -0.2) is 4.98 Å². The van der Waals surface area contributed by atoms with Crippen LogP contribution in [0.3, 0.4) is 0 Å². The first-order chi connectivity index (χ1) is 10.2. The van der Waals surface area contributed by atoms with Crippen LogP contribution in [0, 0.1) is 17.0 Å². The summed E-state index contributed by atoms with van der Waals surface area (Å²) in [5.41, 5.74) is -0.939. The molecule has 0 atom stereocenters. The maximum Gasteiger partial charge on any atom is 0.418 e. The number of aromatic nitrogens is 1. The molecule has 0 unspecified atom stereocenters. The molecule has 2 aromatic rings. The van der Waals surface area contributed by atoms with Gasteiger partial charge in [0.15, 0.2) is 0 Å². The molecule has 118 valence electrons. The standard InChI is InChI=1S/C13H12F3N3O2S/c1-8-7-22-12(17-8)6-18(2)11-4-3-9(19(20)21)5-10(11)13(14,15)16/h3-5,7H,6H2,1-2H3. The summed E-state index contributed by atoms with van der Waals surface area (Å²) in [7, 11) is 1.49. The lowest BCUT2D eigenvalue weighted by Gasteiger charge is -2.22. The van der Waals surface area contributed by atoms with Crippen LogP contribution in [-0.4, -0.2) is 17.0 Å². The van der Waals surface area contributed by atoms with Crippen LogP contribution < -0.4 is 4.90 Å². The lowest BCUT2D eigenvalue weighted by molar-refractivity contribution is -0.385. The average molecular weight is 331 g/mol. The van der Waals surface area contributed by atoms with Gasteiger partial charge in [0.2, 0.25) is 0 Å². The zero-order valence-corrected chi connectivity index (χ0v) is 12.5. The van der Waals surface area contributed by atoms with E-state index in [2.05, 4.69) is 4.98 Å². The topological polar surface area (TPSA) is 59.3 Å². The number of anilines is 1. The van der Waals surface area contributed by atoms with Crippen molar-refractivity contribution in [1.29, 1.82) is 0 Å². The van der Waals surface area contributed by atoms with Gasteiger partial charge < -0.3 is 4.90 Å². The lowest BCUT2D eigenvalue weighted by atomic mass is 10.1. The van der Waals surface area contributed by atoms with Crippen molar-refractivity contribution < 1.29 is 18.1 Å². The van der Waals surface area contributed by atoms with Gasteiger partial charge in [-0.2, -0.15) is 13.2 Å². The molecule has 0 saturated heterocycles. The molecule has 0 radical (unpaired) electrons. The van der Waals surface area contributed by atoms with E-state index in [-0.39, 0.29) is 12.2 Å². The van der Waals surface area contributed by atoms with Crippen LogP contribution in [0.4, 0.5) is 24.5 Å². The van der Waals surface area contributed by atoms with Crippen LogP contribution in [0.15, 0.2) is 23.6 Å². The quantitative estimate of drug-likeness (QED) is 0.627. The summed E-state index contributed by atoms with van der Waals surface area (Å²) in [5, 5.41) is 13.2. The van der Waals surface area contributed by atoms with Crippen LogP contribution in [-0.2, 0) is 12.7 Å². The van der Waals surface area contributed by atoms with Gasteiger partial charge >= 0.3 is 6.18 Å². The summed E-state index contributed by atoms with van der Waals surface area (Å²) in [6.07, 6.45) is -4.67. The SMILES string of the molecule is Cc1csc(CN(C)c2ccc([N+](=O)[O-])cc2C(F)(F)F)n1. The summed E-state index contributed by atoms with van der Waals surface area (Å²) in [6, 6.07) is 2.73. The molecule has 0 N–H and O–H groups in total. The molecule has 0 fully saturated rings. The minimum absolute atomic E-state index is 0.119. The molecule has 0 aliphatic heterocycles. The van der Waals surface area contributed by atoms with Crippen LogP contribution in [0.1, 0.15) is 16.3 Å². The second-order valence-corrected chi connectivity index (χ2v) is 5.64. The van der Waals surface area contributed by atoms with Crippen LogP contribution in [0.5, 0.6) is 0 Å². The third kappa shape index (κ3) is 3.53. The van der Waals surface area contributed by atoms with Gasteiger partial charge in [-0.1, -0.05) is 0 Å². The van der Waals surface area contributed by atoms with Gasteiger partial charge in [0, 0.05) is 35.9 Å². The Balaban J connectivity index is 2.38. The minimum Gasteiger partial charge on any atom is -0.367 e. The Hall–Kier alpha value is -2.16. The van der Waals surface area contributed by atoms with Crippen molar-refractivity contribution in [2.75, 3.05) is 11.9 Å². The monoisotopic (exact) mass is 331 g/mol. The van der Waals surface area contributed by atoms with E-state index in [0.29, 0.717) is 11.1 Å². The van der Waals surface area contributed by atoms with E-state index in [9.17, 15) is 23.3 Å². The molecule has 2 rings (SSSR count). The highest BCUT2D eigenvalue weighted by molar-refractivity contribution is 7.09. The highest BCUT2D eigenvalue weighted by Crippen LogP contribution is 2.38. The van der Waals surface area contributed by atoms with E-state index in [1.54, 1.807) is 6.92 Å². The van der Waals surface area contributed by atoms with E-state index in [4.69, 9.17) is 0 Å². The van der Waals surface area contributed by atoms with E-state index in [1.165, 1.54) is 23.3 Å². The Labute approximate surface area is 128 Å². The normalized spacial score (nSPS) is 11.5. The summed E-state index contributed by atoms with van der Waals surface area (Å²) >= 11 is 1.35. The zero-order chi connectivity index (χ0) is 16.5. The van der Waals surface area contributed by atoms with E-state index >= 15 is 0 Å². The van der Waals surface area contributed by atoms with Gasteiger partial charge in [0.05, 0.1) is 17.0 Å². The Morgan fingerprint density at radius 3 is 2.59 bits per heavy atom. The molecule has 1 aromatic heterocycles. The molecule has 0 aliphatic rings. The number of nitro groups is 1. The number of benzene rings is 1. The number of halogens is 3. The summed E-state index contributed by atoms with van der Waals surface area (Å²) < 4.78 is 39.4. The third-order valence-electron chi connectivity index (χ3n) is 2.95. The molecule has 1 aromatic carbocycles. The first-order valence-electron chi connectivity index (χ1n) is 6.16. The maximum atomic E-state index is 13.1. The summed E-state index contributed by atoms with van der Waals surface area (Å²) in [5.74, 6) is 0. The Kier molecular flexibility index (Phi) is 4.36. The fourth-order valence-corrected chi connectivity index (χ4v) is 2.79. The average Bonchev–Trinajstić information content (AvgIpc) is 2.82. The molecule has 9 heteroatoms. The number of aryl methyl sites for hydroxylation is 1. The van der Waals surface area contributed by atoms with Crippen molar-refractivity contribution in [2.45, 2.75) is 19.6 Å². The number of thiazole rings is 1. The fraction of sp³-hybridized carbons (Fsp3) is 0.308. The molecule has 0 bridgehead atoms. The Bertz CT molecular complexity index is 700. The van der Waals surface area contributed by atoms with Gasteiger partial charge in [0.25, 0.3) is 5.69 Å². The molecule has 0 aliphatic carbocycles. The number of non-ortho nitro benzene ring substituents is 1. The number of hydrogen-bond donors (Lipinski definition) is 0. The highest BCUT2D eigenvalue weighted by Gasteiger charge is 2.36. The predicted molar refractivity (Wildman–Crippen MR) is 77.1 cm³/mol. The van der Waals surface area contributed by atoms with Crippen molar-refractivity contribution in [3.63, 3.8) is 0 Å². The van der Waals surface area contributed by atoms with Gasteiger partial charge in [0.1, 0.15) is 5.01 Å². The van der Waals surface area contributed by atoms with Crippen molar-refractivity contribution >= 4 is 22.7 Å². The first-order valence-corrected chi connectivity index (χ1v) is 7.04. The number of hydrogen-bond acceptors (Lipinski definition) is 5. The van der Waals surface area contributed by atoms with Crippen LogP contribution >= 0.6 is 11.3 Å². The van der Waals surface area contributed by atoms with E-state index < -0.39 is 22.4 Å². The van der Waals surface area contributed by atoms with Crippen LogP contribution in [0.2, 0.25) is 0 Å². The van der Waals surface area contributed by atoms with Crippen molar-refractivity contribution in [3.8, 4) is 0 Å². The maximum absolute atomic E-state index is 13.1. The summed E-state index contributed by atoms with van der Waals surface area (Å²) in [6.45, 7) is 1.99. The molecule has 22 heavy (non-hydrogen) atoms. The van der Waals surface area contributed by atoms with Gasteiger partial charge in [-0.05, 0) is 13.0 Å². The molecule has 0 saturated carbocycles. The predicted octanol–water partition coefficient (Wildman–Crippen LogP) is 4.01. The Morgan fingerprint density at radius 1 is 1.41 bits per heavy atom. The molecular weight excluding hydrogens is 319 g/mol. The van der Waals surface area contributed by atoms with E-state index in [0.717, 1.165) is 17.8 Å². The first kappa shape index (κ1) is 16.2. The highest BCUT2D eigenvalue weighted by atomic mass is 32.1. The zero-order valence-electron chi connectivity index (χ0n) is 11.7. The molecule has 5 nitrogen and oxygen atoms in total. The number of nitro benzene ring substituents is 1. The van der Waals surface area contributed by atoms with Crippen molar-refractivity contribution in [2.24, 2.45) is 0 Å².